The molecule has 1 saturated carbocycles. The molecule has 1 aliphatic carbocycles. The van der Waals surface area contributed by atoms with E-state index in [0.717, 1.165) is 57.8 Å². The lowest BCUT2D eigenvalue weighted by atomic mass is 9.89. The molecule has 0 amide bonds. The number of aryl methyl sites for hydroxylation is 2. The standard InChI is InChI=1S/C52H92NO12P/c1-8-10-22-28-43(54)34-35-46-45(47(55)38-48(46)56)29-24-20-21-27-33-52(58)64-44(40-63-66(59,60)62-37-36-53(5,6)7)39-61-51(57)32-26-19-17-15-13-12-14-16-18-25-31-50-42(4)41(3)49(65-50)30-23-11-9-2/h20,24,34-35,43-48,54-56H,8-19,21-23,25-33,36-40H2,1-7H3/b24-20+,35-34+/t43-,44+,45+,46+,47-,48+/m0/s1. The summed E-state index contributed by atoms with van der Waals surface area (Å²) in [6, 6.07) is 0. The number of allylic oxidation sites excluding steroid dienone is 2. The fourth-order valence-electron chi connectivity index (χ4n) is 8.36. The van der Waals surface area contributed by atoms with Crippen molar-refractivity contribution >= 4 is 19.8 Å². The molecule has 0 spiro atoms. The number of carbonyl (C=O) groups is 2. The minimum absolute atomic E-state index is 0.0428. The predicted molar refractivity (Wildman–Crippen MR) is 260 cm³/mol. The summed E-state index contributed by atoms with van der Waals surface area (Å²) >= 11 is 0. The van der Waals surface area contributed by atoms with Gasteiger partial charge in [-0.05, 0) is 75.8 Å². The van der Waals surface area contributed by atoms with Crippen LogP contribution in [0.2, 0.25) is 0 Å². The highest BCUT2D eigenvalue weighted by molar-refractivity contribution is 7.45. The molecule has 66 heavy (non-hydrogen) atoms. The van der Waals surface area contributed by atoms with Gasteiger partial charge >= 0.3 is 11.9 Å². The van der Waals surface area contributed by atoms with Crippen molar-refractivity contribution in [2.45, 2.75) is 213 Å². The second kappa shape index (κ2) is 34.0. The number of nitrogens with zero attached hydrogens (tertiary/aromatic N) is 1. The van der Waals surface area contributed by atoms with Crippen LogP contribution in [0.1, 0.15) is 184 Å². The normalized spacial score (nSPS) is 19.7. The number of aliphatic hydroxyl groups excluding tert-OH is 3. The molecule has 1 aromatic heterocycles. The van der Waals surface area contributed by atoms with Crippen molar-refractivity contribution in [3.63, 3.8) is 0 Å². The summed E-state index contributed by atoms with van der Waals surface area (Å²) in [5, 5.41) is 31.5. The number of unbranched alkanes of at least 4 members (excludes halogenated alkanes) is 14. The molecule has 0 bridgehead atoms. The summed E-state index contributed by atoms with van der Waals surface area (Å²) in [7, 11) is 1.00. The highest BCUT2D eigenvalue weighted by Gasteiger charge is 2.39. The highest BCUT2D eigenvalue weighted by Crippen LogP contribution is 2.39. The molecule has 0 radical (unpaired) electrons. The Hall–Kier alpha value is -2.35. The van der Waals surface area contributed by atoms with Crippen molar-refractivity contribution in [2.75, 3.05) is 47.5 Å². The van der Waals surface area contributed by atoms with E-state index in [1.54, 1.807) is 6.08 Å². The third kappa shape index (κ3) is 27.0. The van der Waals surface area contributed by atoms with Crippen molar-refractivity contribution in [3.8, 4) is 0 Å². The molecule has 0 aliphatic heterocycles. The van der Waals surface area contributed by atoms with Crippen LogP contribution in [0.15, 0.2) is 28.7 Å². The van der Waals surface area contributed by atoms with Gasteiger partial charge in [0.2, 0.25) is 0 Å². The number of carbonyl (C=O) groups excluding carboxylic acids is 2. The Morgan fingerprint density at radius 1 is 0.773 bits per heavy atom. The van der Waals surface area contributed by atoms with E-state index in [0.29, 0.717) is 43.1 Å². The van der Waals surface area contributed by atoms with Gasteiger partial charge in [0.15, 0.2) is 6.10 Å². The van der Waals surface area contributed by atoms with Crippen molar-refractivity contribution in [2.24, 2.45) is 11.8 Å². The molecule has 3 N–H and O–H groups in total. The predicted octanol–water partition coefficient (Wildman–Crippen LogP) is 10.1. The zero-order chi connectivity index (χ0) is 48.8. The zero-order valence-corrected chi connectivity index (χ0v) is 43.1. The smallest absolute Gasteiger partial charge is 0.306 e. The van der Waals surface area contributed by atoms with E-state index in [-0.39, 0.29) is 44.3 Å². The quantitative estimate of drug-likeness (QED) is 0.0187. The van der Waals surface area contributed by atoms with Gasteiger partial charge in [-0.15, -0.1) is 0 Å². The number of quaternary nitrogens is 1. The number of rotatable bonds is 39. The SMILES string of the molecule is CCCCCc1oc(CCCCCCCCCCCCC(=O)OC[C@H](COP(=O)([O-])OCC[N+](C)(C)C)OC(=O)CCC/C=C/C[C@@H]2[C@@H](/C=C/[C@@H](O)CCCCC)[C@H](O)C[C@@H]2O)c(C)c1C. The number of hydrogen-bond donors (Lipinski definition) is 3. The Kier molecular flexibility index (Phi) is 30.8. The van der Waals surface area contributed by atoms with Crippen molar-refractivity contribution < 1.29 is 61.8 Å². The lowest BCUT2D eigenvalue weighted by molar-refractivity contribution is -0.870. The topological polar surface area (TPSA) is 185 Å². The Labute approximate surface area is 399 Å². The molecular formula is C52H92NO12P. The monoisotopic (exact) mass is 954 g/mol. The van der Waals surface area contributed by atoms with Gasteiger partial charge in [-0.25, -0.2) is 0 Å². The van der Waals surface area contributed by atoms with E-state index >= 15 is 0 Å². The Morgan fingerprint density at radius 3 is 1.97 bits per heavy atom. The minimum Gasteiger partial charge on any atom is -0.756 e. The second-order valence-corrected chi connectivity index (χ2v) is 21.1. The Morgan fingerprint density at radius 2 is 1.35 bits per heavy atom. The van der Waals surface area contributed by atoms with Crippen LogP contribution in [0, 0.1) is 25.7 Å². The number of likely N-dealkylation sites (N-methyl/N-ethyl adjacent to an activating group) is 1. The highest BCUT2D eigenvalue weighted by atomic mass is 31.2. The van der Waals surface area contributed by atoms with Crippen LogP contribution in [0.4, 0.5) is 0 Å². The first kappa shape index (κ1) is 59.8. The summed E-state index contributed by atoms with van der Waals surface area (Å²) in [5.74, 6) is 0.879. The van der Waals surface area contributed by atoms with E-state index in [1.165, 1.54) is 74.0 Å². The number of phosphoric ester groups is 1. The van der Waals surface area contributed by atoms with Gasteiger partial charge in [-0.2, -0.15) is 0 Å². The molecule has 13 nitrogen and oxygen atoms in total. The van der Waals surface area contributed by atoms with Crippen molar-refractivity contribution in [1.29, 1.82) is 0 Å². The summed E-state index contributed by atoms with van der Waals surface area (Å²) in [4.78, 5) is 38.0. The summed E-state index contributed by atoms with van der Waals surface area (Å²) in [5.41, 5.74) is 2.67. The molecule has 1 fully saturated rings. The summed E-state index contributed by atoms with van der Waals surface area (Å²) < 4.78 is 40.3. The van der Waals surface area contributed by atoms with Crippen LogP contribution < -0.4 is 4.89 Å². The molecule has 0 saturated heterocycles. The maximum Gasteiger partial charge on any atom is 0.306 e. The molecule has 2 rings (SSSR count). The summed E-state index contributed by atoms with van der Waals surface area (Å²) in [6.45, 7) is 8.18. The average Bonchev–Trinajstić information content (AvgIpc) is 3.68. The minimum atomic E-state index is -4.71. The molecule has 7 atom stereocenters. The van der Waals surface area contributed by atoms with E-state index in [4.69, 9.17) is 22.9 Å². The van der Waals surface area contributed by atoms with Gasteiger partial charge < -0.3 is 47.6 Å². The number of hydrogen-bond acceptors (Lipinski definition) is 12. The third-order valence-electron chi connectivity index (χ3n) is 12.7. The van der Waals surface area contributed by atoms with Gasteiger partial charge in [0.25, 0.3) is 7.82 Å². The van der Waals surface area contributed by atoms with Crippen LogP contribution in [0.25, 0.3) is 0 Å². The molecular weight excluding hydrogens is 862 g/mol. The molecule has 0 aromatic carbocycles. The van der Waals surface area contributed by atoms with Crippen molar-refractivity contribution in [3.05, 3.63) is 47.0 Å². The second-order valence-electron chi connectivity index (χ2n) is 19.7. The molecule has 382 valence electrons. The van der Waals surface area contributed by atoms with Gasteiger partial charge in [-0.3, -0.25) is 14.2 Å². The maximum absolute atomic E-state index is 12.9. The third-order valence-corrected chi connectivity index (χ3v) is 13.7. The molecule has 14 heteroatoms. The van der Waals surface area contributed by atoms with Gasteiger partial charge in [-0.1, -0.05) is 122 Å². The molecule has 1 heterocycles. The van der Waals surface area contributed by atoms with Crippen molar-refractivity contribution in [1.82, 2.24) is 0 Å². The molecule has 1 aromatic rings. The number of furan rings is 1. The van der Waals surface area contributed by atoms with E-state index in [2.05, 4.69) is 27.7 Å². The average molecular weight is 954 g/mol. The van der Waals surface area contributed by atoms with E-state index in [9.17, 15) is 34.4 Å². The Bertz CT molecular complexity index is 1570. The lowest BCUT2D eigenvalue weighted by Gasteiger charge is -2.28. The van der Waals surface area contributed by atoms with Gasteiger partial charge in [0.05, 0.1) is 46.1 Å². The van der Waals surface area contributed by atoms with Crippen LogP contribution in [0.5, 0.6) is 0 Å². The molecule has 1 unspecified atom stereocenters. The number of esters is 2. The first-order valence-electron chi connectivity index (χ1n) is 25.7. The van der Waals surface area contributed by atoms with E-state index < -0.39 is 50.8 Å². The fraction of sp³-hybridized carbons (Fsp3) is 0.808. The van der Waals surface area contributed by atoms with Crippen LogP contribution in [-0.4, -0.2) is 104 Å². The summed E-state index contributed by atoms with van der Waals surface area (Å²) in [6.07, 6.45) is 26.9. The first-order chi connectivity index (χ1) is 31.5. The van der Waals surface area contributed by atoms with E-state index in [1.807, 2.05) is 39.4 Å². The van der Waals surface area contributed by atoms with Crippen LogP contribution >= 0.6 is 7.82 Å². The lowest BCUT2D eigenvalue weighted by Crippen LogP contribution is -2.37. The Balaban J connectivity index is 1.71. The first-order valence-corrected chi connectivity index (χ1v) is 27.1. The van der Waals surface area contributed by atoms with Gasteiger partial charge in [0.1, 0.15) is 31.3 Å². The number of phosphoric acid groups is 1. The van der Waals surface area contributed by atoms with Crippen LogP contribution in [0.3, 0.4) is 0 Å². The zero-order valence-electron chi connectivity index (χ0n) is 42.2. The van der Waals surface area contributed by atoms with Gasteiger partial charge in [0, 0.05) is 38.0 Å². The molecule has 1 aliphatic rings. The largest absolute Gasteiger partial charge is 0.756 e. The maximum atomic E-state index is 12.9. The number of ether oxygens (including phenoxy) is 2. The fourth-order valence-corrected chi connectivity index (χ4v) is 9.09. The number of aliphatic hydroxyl groups is 3. The van der Waals surface area contributed by atoms with Crippen LogP contribution in [-0.2, 0) is 45.5 Å².